The molecule has 2 rings (SSSR count). The molecule has 0 aromatic heterocycles. The second-order valence-electron chi connectivity index (χ2n) is 4.47. The Morgan fingerprint density at radius 2 is 2.00 bits per heavy atom. The first-order chi connectivity index (χ1) is 9.97. The van der Waals surface area contributed by atoms with Gasteiger partial charge in [-0.1, -0.05) is 15.9 Å². The molecule has 0 spiro atoms. The van der Waals surface area contributed by atoms with Gasteiger partial charge in [-0.15, -0.1) is 0 Å². The summed E-state index contributed by atoms with van der Waals surface area (Å²) < 4.78 is 6.08. The highest BCUT2D eigenvalue weighted by Crippen LogP contribution is 2.32. The van der Waals surface area contributed by atoms with Gasteiger partial charge >= 0.3 is 0 Å². The molecule has 0 radical (unpaired) electrons. The minimum absolute atomic E-state index is 0.199. The van der Waals surface area contributed by atoms with E-state index in [0.29, 0.717) is 5.75 Å². The molecule has 21 heavy (non-hydrogen) atoms. The number of nitrogens with one attached hydrogen (secondary N) is 2. The lowest BCUT2D eigenvalue weighted by molar-refractivity contribution is -0.497. The Labute approximate surface area is 128 Å². The van der Waals surface area contributed by atoms with Gasteiger partial charge in [0.2, 0.25) is 11.9 Å². The maximum absolute atomic E-state index is 11.5. The molecule has 0 bridgehead atoms. The normalized spacial score (nSPS) is 19.5. The number of benzene rings is 1. The molecule has 0 saturated heterocycles. The van der Waals surface area contributed by atoms with Crippen LogP contribution >= 0.6 is 15.9 Å². The standard InChI is InChI=1S/C12H12BrN3O5/c13-7-1-3-8(4-2-7)21-6-11(17)14-15-12(18)9-5-10(9)16(19)20/h1-4,9-10H,5-6H2,(H,14,17)(H,15,18). The molecule has 0 heterocycles. The van der Waals surface area contributed by atoms with Gasteiger partial charge in [-0.25, -0.2) is 0 Å². The van der Waals surface area contributed by atoms with Crippen LogP contribution in [0, 0.1) is 16.0 Å². The van der Waals surface area contributed by atoms with Crippen LogP contribution in [0.2, 0.25) is 0 Å². The summed E-state index contributed by atoms with van der Waals surface area (Å²) in [5, 5.41) is 10.4. The van der Waals surface area contributed by atoms with Crippen molar-refractivity contribution in [1.29, 1.82) is 0 Å². The first-order valence-corrected chi connectivity index (χ1v) is 6.87. The van der Waals surface area contributed by atoms with Crippen LogP contribution in [-0.2, 0) is 9.59 Å². The molecule has 1 aromatic carbocycles. The SMILES string of the molecule is O=C(COc1ccc(Br)cc1)NNC(=O)C1CC1[N+](=O)[O-]. The van der Waals surface area contributed by atoms with E-state index in [2.05, 4.69) is 26.8 Å². The molecule has 1 aliphatic carbocycles. The lowest BCUT2D eigenvalue weighted by atomic mass is 10.3. The third kappa shape index (κ3) is 4.42. The van der Waals surface area contributed by atoms with Crippen molar-refractivity contribution in [2.45, 2.75) is 12.5 Å². The van der Waals surface area contributed by atoms with E-state index in [0.717, 1.165) is 4.47 Å². The minimum atomic E-state index is -0.846. The van der Waals surface area contributed by atoms with Gasteiger partial charge in [-0.05, 0) is 24.3 Å². The summed E-state index contributed by atoms with van der Waals surface area (Å²) in [6.45, 7) is -0.273. The van der Waals surface area contributed by atoms with E-state index >= 15 is 0 Å². The van der Waals surface area contributed by atoms with Crippen LogP contribution in [0.1, 0.15) is 6.42 Å². The van der Waals surface area contributed by atoms with E-state index < -0.39 is 28.7 Å². The van der Waals surface area contributed by atoms with Gasteiger partial charge in [0.1, 0.15) is 11.7 Å². The second-order valence-corrected chi connectivity index (χ2v) is 5.39. The highest BCUT2D eigenvalue weighted by atomic mass is 79.9. The van der Waals surface area contributed by atoms with Gasteiger partial charge in [0.25, 0.3) is 5.91 Å². The number of carbonyl (C=O) groups excluding carboxylic acids is 2. The molecule has 1 aromatic rings. The summed E-state index contributed by atoms with van der Waals surface area (Å²) in [7, 11) is 0. The van der Waals surface area contributed by atoms with Gasteiger partial charge in [0, 0.05) is 15.8 Å². The van der Waals surface area contributed by atoms with Gasteiger partial charge < -0.3 is 4.74 Å². The van der Waals surface area contributed by atoms with E-state index in [9.17, 15) is 19.7 Å². The van der Waals surface area contributed by atoms with Crippen molar-refractivity contribution >= 4 is 27.7 Å². The topological polar surface area (TPSA) is 111 Å². The van der Waals surface area contributed by atoms with E-state index in [1.807, 2.05) is 0 Å². The summed E-state index contributed by atoms with van der Waals surface area (Å²) in [6, 6.07) is 6.05. The Morgan fingerprint density at radius 3 is 2.57 bits per heavy atom. The monoisotopic (exact) mass is 357 g/mol. The number of hydrazine groups is 1. The lowest BCUT2D eigenvalue weighted by Gasteiger charge is -2.08. The molecule has 112 valence electrons. The van der Waals surface area contributed by atoms with Crippen LogP contribution in [0.3, 0.4) is 0 Å². The van der Waals surface area contributed by atoms with Crippen LogP contribution < -0.4 is 15.6 Å². The Bertz CT molecular complexity index is 563. The third-order valence-corrected chi connectivity index (χ3v) is 3.40. The Kier molecular flexibility index (Phi) is 4.73. The zero-order valence-electron chi connectivity index (χ0n) is 10.7. The number of hydrogen-bond donors (Lipinski definition) is 2. The van der Waals surface area contributed by atoms with Crippen molar-refractivity contribution in [1.82, 2.24) is 10.9 Å². The second kappa shape index (κ2) is 6.53. The molecule has 2 unspecified atom stereocenters. The fraction of sp³-hybridized carbons (Fsp3) is 0.333. The van der Waals surface area contributed by atoms with Crippen LogP contribution in [0.15, 0.2) is 28.7 Å². The van der Waals surface area contributed by atoms with Crippen molar-refractivity contribution < 1.29 is 19.2 Å². The highest BCUT2D eigenvalue weighted by molar-refractivity contribution is 9.10. The fourth-order valence-electron chi connectivity index (χ4n) is 1.64. The molecular weight excluding hydrogens is 346 g/mol. The van der Waals surface area contributed by atoms with Crippen LogP contribution in [0.5, 0.6) is 5.75 Å². The van der Waals surface area contributed by atoms with Gasteiger partial charge in [-0.3, -0.25) is 30.6 Å². The van der Waals surface area contributed by atoms with Crippen LogP contribution in [0.25, 0.3) is 0 Å². The summed E-state index contributed by atoms with van der Waals surface area (Å²) in [5.74, 6) is -1.28. The van der Waals surface area contributed by atoms with E-state index in [4.69, 9.17) is 4.74 Å². The Morgan fingerprint density at radius 1 is 1.33 bits per heavy atom. The maximum Gasteiger partial charge on any atom is 0.276 e. The largest absolute Gasteiger partial charge is 0.484 e. The summed E-state index contributed by atoms with van der Waals surface area (Å²) in [6.07, 6.45) is 0.199. The molecule has 1 saturated carbocycles. The van der Waals surface area contributed by atoms with Crippen molar-refractivity contribution in [3.63, 3.8) is 0 Å². The Balaban J connectivity index is 1.67. The predicted molar refractivity (Wildman–Crippen MR) is 74.8 cm³/mol. The average molecular weight is 358 g/mol. The maximum atomic E-state index is 11.5. The van der Waals surface area contributed by atoms with Crippen molar-refractivity contribution in [2.24, 2.45) is 5.92 Å². The molecule has 9 heteroatoms. The molecule has 1 fully saturated rings. The first kappa shape index (κ1) is 15.2. The molecule has 2 amide bonds. The fourth-order valence-corrected chi connectivity index (χ4v) is 1.90. The number of carbonyl (C=O) groups is 2. The Hall–Kier alpha value is -2.16. The summed E-state index contributed by atoms with van der Waals surface area (Å²) in [4.78, 5) is 32.8. The number of nitro groups is 1. The van der Waals surface area contributed by atoms with Crippen molar-refractivity contribution in [3.8, 4) is 5.75 Å². The molecule has 1 aliphatic rings. The lowest BCUT2D eigenvalue weighted by Crippen LogP contribution is -2.45. The molecular formula is C12H12BrN3O5. The van der Waals surface area contributed by atoms with Gasteiger partial charge in [0.05, 0.1) is 0 Å². The van der Waals surface area contributed by atoms with E-state index in [1.165, 1.54) is 0 Å². The van der Waals surface area contributed by atoms with Crippen LogP contribution in [0.4, 0.5) is 0 Å². The highest BCUT2D eigenvalue weighted by Gasteiger charge is 2.53. The number of nitrogens with zero attached hydrogens (tertiary/aromatic N) is 1. The number of halogens is 1. The van der Waals surface area contributed by atoms with E-state index in [1.54, 1.807) is 24.3 Å². The third-order valence-electron chi connectivity index (χ3n) is 2.87. The molecule has 2 atom stereocenters. The van der Waals surface area contributed by atoms with Crippen molar-refractivity contribution in [2.75, 3.05) is 6.61 Å². The molecule has 0 aliphatic heterocycles. The summed E-state index contributed by atoms with van der Waals surface area (Å²) in [5.41, 5.74) is 4.29. The number of rotatable bonds is 5. The summed E-state index contributed by atoms with van der Waals surface area (Å²) >= 11 is 3.27. The number of ether oxygens (including phenoxy) is 1. The quantitative estimate of drug-likeness (QED) is 0.593. The first-order valence-electron chi connectivity index (χ1n) is 6.08. The molecule has 8 nitrogen and oxygen atoms in total. The van der Waals surface area contributed by atoms with Gasteiger partial charge in [0.15, 0.2) is 6.61 Å². The van der Waals surface area contributed by atoms with Crippen molar-refractivity contribution in [3.05, 3.63) is 38.9 Å². The molecule has 2 N–H and O–H groups in total. The average Bonchev–Trinajstić information content (AvgIpc) is 3.25. The van der Waals surface area contributed by atoms with E-state index in [-0.39, 0.29) is 13.0 Å². The zero-order valence-corrected chi connectivity index (χ0v) is 12.3. The van der Waals surface area contributed by atoms with Gasteiger partial charge in [-0.2, -0.15) is 0 Å². The number of amides is 2. The zero-order chi connectivity index (χ0) is 15.4. The number of hydrogen-bond acceptors (Lipinski definition) is 5. The predicted octanol–water partition coefficient (Wildman–Crippen LogP) is 0.640. The smallest absolute Gasteiger partial charge is 0.276 e. The van der Waals surface area contributed by atoms with Crippen LogP contribution in [-0.4, -0.2) is 29.4 Å². The minimum Gasteiger partial charge on any atom is -0.484 e.